The number of amides is 1. The van der Waals surface area contributed by atoms with Crippen molar-refractivity contribution in [1.82, 2.24) is 0 Å². The molecule has 0 radical (unpaired) electrons. The Hall–Kier alpha value is -2.17. The fourth-order valence-electron chi connectivity index (χ4n) is 3.49. The number of aliphatic imine (C=N–C) groups is 1. The van der Waals surface area contributed by atoms with Gasteiger partial charge >= 0.3 is 0 Å². The van der Waals surface area contributed by atoms with E-state index < -0.39 is 5.91 Å². The second kappa shape index (κ2) is 5.31. The van der Waals surface area contributed by atoms with Gasteiger partial charge in [-0.3, -0.25) is 9.79 Å². The van der Waals surface area contributed by atoms with E-state index in [1.165, 1.54) is 6.42 Å². The third kappa shape index (κ3) is 2.44. The van der Waals surface area contributed by atoms with Crippen LogP contribution >= 0.6 is 0 Å². The minimum absolute atomic E-state index is 0.146. The van der Waals surface area contributed by atoms with Crippen molar-refractivity contribution in [2.45, 2.75) is 44.1 Å². The van der Waals surface area contributed by atoms with Gasteiger partial charge in [-0.1, -0.05) is 48.7 Å². The minimum Gasteiger partial charge on any atom is -0.410 e. The number of carbonyl (C=O) groups is 1. The number of oxime groups is 1. The fourth-order valence-corrected chi connectivity index (χ4v) is 3.49. The largest absolute Gasteiger partial charge is 0.410 e. The summed E-state index contributed by atoms with van der Waals surface area (Å²) < 4.78 is 0. The van der Waals surface area contributed by atoms with Crippen molar-refractivity contribution in [2.24, 2.45) is 15.9 Å². The van der Waals surface area contributed by atoms with Gasteiger partial charge in [0.2, 0.25) is 0 Å². The van der Waals surface area contributed by atoms with Crippen molar-refractivity contribution in [3.05, 3.63) is 35.4 Å². The lowest BCUT2D eigenvalue weighted by Gasteiger charge is -2.38. The predicted molar refractivity (Wildman–Crippen MR) is 80.9 cm³/mol. The van der Waals surface area contributed by atoms with E-state index in [2.05, 4.69) is 11.2 Å². The van der Waals surface area contributed by atoms with Crippen LogP contribution in [0.1, 0.15) is 43.2 Å². The second-order valence-corrected chi connectivity index (χ2v) is 5.89. The molecule has 1 fully saturated rings. The summed E-state index contributed by atoms with van der Waals surface area (Å²) in [7, 11) is 0. The average Bonchev–Trinajstić information content (AvgIpc) is 2.48. The number of fused-ring (bicyclic) bond motifs is 1. The van der Waals surface area contributed by atoms with Gasteiger partial charge in [0, 0.05) is 5.56 Å². The van der Waals surface area contributed by atoms with Gasteiger partial charge < -0.3 is 10.9 Å². The zero-order valence-electron chi connectivity index (χ0n) is 11.9. The lowest BCUT2D eigenvalue weighted by Crippen LogP contribution is -2.42. The van der Waals surface area contributed by atoms with Gasteiger partial charge in [0.15, 0.2) is 5.71 Å². The van der Waals surface area contributed by atoms with E-state index in [1.54, 1.807) is 0 Å². The Morgan fingerprint density at radius 2 is 1.95 bits per heavy atom. The first-order valence-corrected chi connectivity index (χ1v) is 7.36. The number of hydrogen-bond acceptors (Lipinski definition) is 4. The molecular formula is C16H19N3O2. The van der Waals surface area contributed by atoms with Gasteiger partial charge in [-0.25, -0.2) is 0 Å². The molecule has 21 heavy (non-hydrogen) atoms. The van der Waals surface area contributed by atoms with Crippen LogP contribution in [0.2, 0.25) is 0 Å². The summed E-state index contributed by atoms with van der Waals surface area (Å²) in [6.45, 7) is 0. The number of rotatable bonds is 2. The molecule has 1 aliphatic carbocycles. The van der Waals surface area contributed by atoms with Crippen LogP contribution in [0, 0.1) is 0 Å². The minimum atomic E-state index is -0.751. The van der Waals surface area contributed by atoms with Crippen molar-refractivity contribution < 1.29 is 10.0 Å². The average molecular weight is 285 g/mol. The number of primary amides is 1. The van der Waals surface area contributed by atoms with Crippen molar-refractivity contribution in [1.29, 1.82) is 0 Å². The molecule has 0 saturated heterocycles. The maximum absolute atomic E-state index is 11.6. The Bertz CT molecular complexity index is 628. The van der Waals surface area contributed by atoms with E-state index in [0.717, 1.165) is 43.2 Å². The summed E-state index contributed by atoms with van der Waals surface area (Å²) in [5.41, 5.74) is 7.45. The molecule has 3 rings (SSSR count). The molecule has 1 aromatic carbocycles. The predicted octanol–water partition coefficient (Wildman–Crippen LogP) is 2.05. The Kier molecular flexibility index (Phi) is 3.49. The van der Waals surface area contributed by atoms with Gasteiger partial charge in [0.25, 0.3) is 5.91 Å². The second-order valence-electron chi connectivity index (χ2n) is 5.89. The van der Waals surface area contributed by atoms with Crippen LogP contribution in [0.25, 0.3) is 0 Å². The summed E-state index contributed by atoms with van der Waals surface area (Å²) in [6, 6.07) is 7.83. The van der Waals surface area contributed by atoms with Crippen molar-refractivity contribution in [2.75, 3.05) is 0 Å². The summed E-state index contributed by atoms with van der Waals surface area (Å²) in [5.74, 6) is -0.751. The number of nitrogens with zero attached hydrogens (tertiary/aromatic N) is 2. The monoisotopic (exact) mass is 285 g/mol. The van der Waals surface area contributed by atoms with Gasteiger partial charge in [-0.05, 0) is 24.8 Å². The molecule has 0 atom stereocenters. The van der Waals surface area contributed by atoms with Gasteiger partial charge in [0.1, 0.15) is 5.71 Å². The third-order valence-corrected chi connectivity index (χ3v) is 4.48. The van der Waals surface area contributed by atoms with Gasteiger partial charge in [-0.15, -0.1) is 0 Å². The van der Waals surface area contributed by atoms with Crippen LogP contribution in [0.3, 0.4) is 0 Å². The van der Waals surface area contributed by atoms with Crippen LogP contribution in [0.5, 0.6) is 0 Å². The van der Waals surface area contributed by atoms with E-state index in [4.69, 9.17) is 15.9 Å². The molecule has 5 heteroatoms. The molecule has 1 aromatic rings. The molecule has 3 N–H and O–H groups in total. The van der Waals surface area contributed by atoms with Crippen LogP contribution in [-0.2, 0) is 11.2 Å². The molecule has 0 unspecified atom stereocenters. The maximum Gasteiger partial charge on any atom is 0.273 e. The summed E-state index contributed by atoms with van der Waals surface area (Å²) in [6.07, 6.45) is 6.39. The molecule has 0 bridgehead atoms. The van der Waals surface area contributed by atoms with E-state index in [0.29, 0.717) is 5.71 Å². The molecule has 2 aliphatic rings. The summed E-state index contributed by atoms with van der Waals surface area (Å²) in [4.78, 5) is 16.4. The molecule has 5 nitrogen and oxygen atoms in total. The maximum atomic E-state index is 11.6. The molecule has 1 saturated carbocycles. The Labute approximate surface area is 123 Å². The smallest absolute Gasteiger partial charge is 0.273 e. The third-order valence-electron chi connectivity index (χ3n) is 4.48. The molecule has 1 spiro atoms. The number of hydrogen-bond donors (Lipinski definition) is 2. The number of benzene rings is 1. The lowest BCUT2D eigenvalue weighted by molar-refractivity contribution is -0.111. The Morgan fingerprint density at radius 1 is 1.24 bits per heavy atom. The quantitative estimate of drug-likeness (QED) is 0.495. The zero-order valence-corrected chi connectivity index (χ0v) is 11.9. The van der Waals surface area contributed by atoms with E-state index >= 15 is 0 Å². The highest BCUT2D eigenvalue weighted by Crippen LogP contribution is 2.38. The van der Waals surface area contributed by atoms with Crippen molar-refractivity contribution in [3.63, 3.8) is 0 Å². The first-order chi connectivity index (χ1) is 10.2. The molecule has 1 aliphatic heterocycles. The Morgan fingerprint density at radius 3 is 2.62 bits per heavy atom. The fraction of sp³-hybridized carbons (Fsp3) is 0.438. The lowest BCUT2D eigenvalue weighted by atomic mass is 9.74. The standard InChI is InChI=1S/C16H19N3O2/c17-15(20)14(19-21)13-12-7-3-2-6-11(12)10-16(18-13)8-4-1-5-9-16/h2-3,6-7,21H,1,4-5,8-10H2,(H2,17,20)/b19-14-. The summed E-state index contributed by atoms with van der Waals surface area (Å²) >= 11 is 0. The molecular weight excluding hydrogens is 266 g/mol. The number of carbonyl (C=O) groups excluding carboxylic acids is 1. The van der Waals surface area contributed by atoms with Gasteiger partial charge in [0.05, 0.1) is 5.54 Å². The first kappa shape index (κ1) is 13.8. The zero-order chi connectivity index (χ0) is 14.9. The highest BCUT2D eigenvalue weighted by Gasteiger charge is 2.38. The van der Waals surface area contributed by atoms with Crippen LogP contribution in [0.15, 0.2) is 34.4 Å². The molecule has 1 heterocycles. The normalized spacial score (nSPS) is 20.8. The van der Waals surface area contributed by atoms with Crippen molar-refractivity contribution in [3.8, 4) is 0 Å². The van der Waals surface area contributed by atoms with E-state index in [-0.39, 0.29) is 11.3 Å². The molecule has 1 amide bonds. The molecule has 110 valence electrons. The Balaban J connectivity index is 2.13. The highest BCUT2D eigenvalue weighted by molar-refractivity contribution is 6.70. The van der Waals surface area contributed by atoms with Gasteiger partial charge in [-0.2, -0.15) is 0 Å². The highest BCUT2D eigenvalue weighted by atomic mass is 16.4. The van der Waals surface area contributed by atoms with E-state index in [9.17, 15) is 4.79 Å². The van der Waals surface area contributed by atoms with Crippen LogP contribution < -0.4 is 5.73 Å². The van der Waals surface area contributed by atoms with E-state index in [1.807, 2.05) is 18.2 Å². The van der Waals surface area contributed by atoms with Crippen molar-refractivity contribution >= 4 is 17.3 Å². The first-order valence-electron chi connectivity index (χ1n) is 7.36. The summed E-state index contributed by atoms with van der Waals surface area (Å²) in [5, 5.41) is 12.3. The SMILES string of the molecule is NC(=O)/C(=N\O)C1=NC2(CCCCC2)Cc2ccccc21. The van der Waals surface area contributed by atoms with Crippen LogP contribution in [0.4, 0.5) is 0 Å². The topological polar surface area (TPSA) is 88.0 Å². The molecule has 0 aromatic heterocycles. The number of nitrogens with two attached hydrogens (primary N) is 1. The van der Waals surface area contributed by atoms with Crippen LogP contribution in [-0.4, -0.2) is 28.1 Å².